The van der Waals surface area contributed by atoms with Crippen LogP contribution in [0.4, 0.5) is 0 Å². The Labute approximate surface area is 111 Å². The van der Waals surface area contributed by atoms with Crippen LogP contribution in [0.2, 0.25) is 0 Å². The zero-order valence-electron chi connectivity index (χ0n) is 11.9. The lowest BCUT2D eigenvalue weighted by Crippen LogP contribution is -2.52. The van der Waals surface area contributed by atoms with Gasteiger partial charge in [-0.05, 0) is 24.4 Å². The lowest BCUT2D eigenvalue weighted by Gasteiger charge is -2.41. The minimum atomic E-state index is 0.495. The molecule has 1 N–H and O–H groups in total. The first kappa shape index (κ1) is 13.6. The summed E-state index contributed by atoms with van der Waals surface area (Å²) in [7, 11) is 0. The van der Waals surface area contributed by atoms with E-state index >= 15 is 0 Å². The smallest absolute Gasteiger partial charge is 0.0449 e. The highest BCUT2D eigenvalue weighted by Gasteiger charge is 2.27. The Bertz CT molecular complexity index is 347. The Kier molecular flexibility index (Phi) is 4.79. The second kappa shape index (κ2) is 6.35. The van der Waals surface area contributed by atoms with Crippen molar-refractivity contribution in [1.82, 2.24) is 10.2 Å². The Morgan fingerprint density at radius 2 is 2.00 bits per heavy atom. The molecule has 0 radical (unpaired) electrons. The van der Waals surface area contributed by atoms with Crippen LogP contribution in [0.3, 0.4) is 0 Å². The van der Waals surface area contributed by atoms with Gasteiger partial charge in [-0.3, -0.25) is 4.90 Å². The number of nitrogens with zero attached hydrogens (tertiary/aromatic N) is 1. The summed E-state index contributed by atoms with van der Waals surface area (Å²) >= 11 is 0. The molecule has 1 aromatic rings. The molecule has 0 amide bonds. The normalized spacial score (nSPS) is 25.6. The van der Waals surface area contributed by atoms with Crippen LogP contribution in [0, 0.1) is 5.92 Å². The summed E-state index contributed by atoms with van der Waals surface area (Å²) in [6.45, 7) is 10.3. The highest BCUT2D eigenvalue weighted by molar-refractivity contribution is 5.20. The standard InChI is InChI=1S/C16H26N2/c1-4-18-12-16(14-8-6-5-7-9-14)17-11-15(18)10-13(2)3/h5-9,13,15-17H,4,10-12H2,1-3H3. The molecule has 1 aliphatic rings. The molecule has 0 saturated carbocycles. The first-order chi connectivity index (χ1) is 8.70. The Hall–Kier alpha value is -0.860. The van der Waals surface area contributed by atoms with Crippen LogP contribution in [0.15, 0.2) is 30.3 Å². The maximum absolute atomic E-state index is 3.71. The molecule has 2 rings (SSSR count). The summed E-state index contributed by atoms with van der Waals surface area (Å²) in [6, 6.07) is 12.0. The van der Waals surface area contributed by atoms with Crippen molar-refractivity contribution in [1.29, 1.82) is 0 Å². The van der Waals surface area contributed by atoms with Gasteiger partial charge in [0.25, 0.3) is 0 Å². The molecule has 1 aromatic carbocycles. The number of rotatable bonds is 4. The molecular formula is C16H26N2. The average molecular weight is 246 g/mol. The molecule has 0 spiro atoms. The maximum Gasteiger partial charge on any atom is 0.0449 e. The van der Waals surface area contributed by atoms with E-state index in [2.05, 4.69) is 61.3 Å². The monoisotopic (exact) mass is 246 g/mol. The van der Waals surface area contributed by atoms with Gasteiger partial charge >= 0.3 is 0 Å². The van der Waals surface area contributed by atoms with E-state index in [1.165, 1.54) is 12.0 Å². The van der Waals surface area contributed by atoms with E-state index in [0.717, 1.165) is 25.6 Å². The second-order valence-corrected chi connectivity index (χ2v) is 5.74. The number of nitrogens with one attached hydrogen (secondary N) is 1. The average Bonchev–Trinajstić information content (AvgIpc) is 2.39. The van der Waals surface area contributed by atoms with Gasteiger partial charge in [0.15, 0.2) is 0 Å². The van der Waals surface area contributed by atoms with Gasteiger partial charge in [-0.25, -0.2) is 0 Å². The van der Waals surface area contributed by atoms with E-state index in [1.54, 1.807) is 0 Å². The Morgan fingerprint density at radius 1 is 1.28 bits per heavy atom. The summed E-state index contributed by atoms with van der Waals surface area (Å²) in [5.74, 6) is 0.777. The minimum absolute atomic E-state index is 0.495. The minimum Gasteiger partial charge on any atom is -0.307 e. The molecule has 1 heterocycles. The van der Waals surface area contributed by atoms with Gasteiger partial charge in [0.05, 0.1) is 0 Å². The lowest BCUT2D eigenvalue weighted by atomic mass is 9.96. The molecule has 18 heavy (non-hydrogen) atoms. The van der Waals surface area contributed by atoms with Crippen molar-refractivity contribution < 1.29 is 0 Å². The molecule has 2 heteroatoms. The molecule has 0 aliphatic carbocycles. The fourth-order valence-electron chi connectivity index (χ4n) is 2.93. The third-order valence-corrected chi connectivity index (χ3v) is 3.88. The zero-order valence-corrected chi connectivity index (χ0v) is 11.9. The van der Waals surface area contributed by atoms with Gasteiger partial charge in [0.2, 0.25) is 0 Å². The van der Waals surface area contributed by atoms with Crippen LogP contribution >= 0.6 is 0 Å². The number of hydrogen-bond donors (Lipinski definition) is 1. The van der Waals surface area contributed by atoms with Crippen molar-refractivity contribution in [2.75, 3.05) is 19.6 Å². The first-order valence-electron chi connectivity index (χ1n) is 7.23. The zero-order chi connectivity index (χ0) is 13.0. The largest absolute Gasteiger partial charge is 0.307 e. The number of hydrogen-bond acceptors (Lipinski definition) is 2. The van der Waals surface area contributed by atoms with Crippen molar-refractivity contribution in [2.24, 2.45) is 5.92 Å². The van der Waals surface area contributed by atoms with E-state index in [-0.39, 0.29) is 0 Å². The number of benzene rings is 1. The van der Waals surface area contributed by atoms with E-state index in [9.17, 15) is 0 Å². The molecule has 1 fully saturated rings. The van der Waals surface area contributed by atoms with Gasteiger partial charge in [0.1, 0.15) is 0 Å². The summed E-state index contributed by atoms with van der Waals surface area (Å²) in [4.78, 5) is 2.63. The number of piperazine rings is 1. The molecule has 1 saturated heterocycles. The molecular weight excluding hydrogens is 220 g/mol. The predicted molar refractivity (Wildman–Crippen MR) is 77.7 cm³/mol. The van der Waals surface area contributed by atoms with Crippen LogP contribution < -0.4 is 5.32 Å². The fourth-order valence-corrected chi connectivity index (χ4v) is 2.93. The Balaban J connectivity index is 2.00. The quantitative estimate of drug-likeness (QED) is 0.878. The second-order valence-electron chi connectivity index (χ2n) is 5.74. The lowest BCUT2D eigenvalue weighted by molar-refractivity contribution is 0.120. The van der Waals surface area contributed by atoms with Crippen LogP contribution in [-0.4, -0.2) is 30.6 Å². The molecule has 1 aliphatic heterocycles. The summed E-state index contributed by atoms with van der Waals surface area (Å²) < 4.78 is 0. The predicted octanol–water partition coefficient (Wildman–Crippen LogP) is 3.07. The maximum atomic E-state index is 3.71. The fraction of sp³-hybridized carbons (Fsp3) is 0.625. The van der Waals surface area contributed by atoms with Crippen LogP contribution in [-0.2, 0) is 0 Å². The van der Waals surface area contributed by atoms with Gasteiger partial charge in [0, 0.05) is 25.2 Å². The third kappa shape index (κ3) is 3.33. The van der Waals surface area contributed by atoms with Crippen molar-refractivity contribution in [3.05, 3.63) is 35.9 Å². The SMILES string of the molecule is CCN1CC(c2ccccc2)NCC1CC(C)C. The van der Waals surface area contributed by atoms with E-state index in [0.29, 0.717) is 12.1 Å². The first-order valence-corrected chi connectivity index (χ1v) is 7.23. The highest BCUT2D eigenvalue weighted by Crippen LogP contribution is 2.22. The van der Waals surface area contributed by atoms with Crippen LogP contribution in [0.25, 0.3) is 0 Å². The van der Waals surface area contributed by atoms with Crippen LogP contribution in [0.5, 0.6) is 0 Å². The van der Waals surface area contributed by atoms with Crippen molar-refractivity contribution in [3.8, 4) is 0 Å². The molecule has 2 atom stereocenters. The van der Waals surface area contributed by atoms with Crippen LogP contribution in [0.1, 0.15) is 38.8 Å². The highest BCUT2D eigenvalue weighted by atomic mass is 15.2. The Morgan fingerprint density at radius 3 is 2.61 bits per heavy atom. The van der Waals surface area contributed by atoms with Gasteiger partial charge in [-0.2, -0.15) is 0 Å². The number of likely N-dealkylation sites (N-methyl/N-ethyl adjacent to an activating group) is 1. The topological polar surface area (TPSA) is 15.3 Å². The summed E-state index contributed by atoms with van der Waals surface area (Å²) in [5, 5.41) is 3.71. The molecule has 2 nitrogen and oxygen atoms in total. The molecule has 100 valence electrons. The van der Waals surface area contributed by atoms with E-state index < -0.39 is 0 Å². The molecule has 0 aromatic heterocycles. The van der Waals surface area contributed by atoms with E-state index in [1.807, 2.05) is 0 Å². The third-order valence-electron chi connectivity index (χ3n) is 3.88. The summed E-state index contributed by atoms with van der Waals surface area (Å²) in [5.41, 5.74) is 1.42. The van der Waals surface area contributed by atoms with Gasteiger partial charge < -0.3 is 5.32 Å². The summed E-state index contributed by atoms with van der Waals surface area (Å²) in [6.07, 6.45) is 1.29. The van der Waals surface area contributed by atoms with Crippen molar-refractivity contribution in [3.63, 3.8) is 0 Å². The van der Waals surface area contributed by atoms with Crippen molar-refractivity contribution in [2.45, 2.75) is 39.3 Å². The molecule has 0 bridgehead atoms. The van der Waals surface area contributed by atoms with Crippen molar-refractivity contribution >= 4 is 0 Å². The molecule has 2 unspecified atom stereocenters. The van der Waals surface area contributed by atoms with Gasteiger partial charge in [-0.1, -0.05) is 51.1 Å². The van der Waals surface area contributed by atoms with Gasteiger partial charge in [-0.15, -0.1) is 0 Å². The van der Waals surface area contributed by atoms with E-state index in [4.69, 9.17) is 0 Å².